The fraction of sp³-hybridized carbons (Fsp3) is 0.318. The van der Waals surface area contributed by atoms with E-state index in [1.807, 2.05) is 55.6 Å². The minimum atomic E-state index is -0.133. The number of thiazole rings is 1. The summed E-state index contributed by atoms with van der Waals surface area (Å²) >= 11 is 7.80. The van der Waals surface area contributed by atoms with E-state index in [0.717, 1.165) is 48.4 Å². The van der Waals surface area contributed by atoms with Crippen molar-refractivity contribution in [3.05, 3.63) is 75.0 Å². The van der Waals surface area contributed by atoms with Crippen molar-refractivity contribution in [1.82, 2.24) is 14.9 Å². The molecule has 1 amide bonds. The van der Waals surface area contributed by atoms with Gasteiger partial charge in [-0.15, -0.1) is 11.3 Å². The van der Waals surface area contributed by atoms with Crippen molar-refractivity contribution in [3.8, 4) is 0 Å². The lowest BCUT2D eigenvalue weighted by atomic mass is 10.1. The lowest BCUT2D eigenvalue weighted by molar-refractivity contribution is 0.102. The van der Waals surface area contributed by atoms with Crippen LogP contribution < -0.4 is 5.32 Å². The molecule has 3 heterocycles. The molecular formula is C22H23ClN4OS. The van der Waals surface area contributed by atoms with E-state index in [1.165, 1.54) is 11.3 Å². The van der Waals surface area contributed by atoms with Gasteiger partial charge in [-0.1, -0.05) is 35.4 Å². The average Bonchev–Trinajstić information content (AvgIpc) is 3.33. The Bertz CT molecular complexity index is 1020. The first kappa shape index (κ1) is 20.0. The molecule has 2 aromatic heterocycles. The summed E-state index contributed by atoms with van der Waals surface area (Å²) in [6, 6.07) is 11.8. The molecule has 0 saturated carbocycles. The van der Waals surface area contributed by atoms with E-state index >= 15 is 0 Å². The normalized spacial score (nSPS) is 16.9. The van der Waals surface area contributed by atoms with Gasteiger partial charge in [-0.25, -0.2) is 9.97 Å². The zero-order chi connectivity index (χ0) is 20.4. The van der Waals surface area contributed by atoms with Crippen LogP contribution in [0, 0.1) is 13.8 Å². The van der Waals surface area contributed by atoms with E-state index in [-0.39, 0.29) is 11.9 Å². The van der Waals surface area contributed by atoms with Gasteiger partial charge in [0.05, 0.1) is 11.7 Å². The predicted molar refractivity (Wildman–Crippen MR) is 118 cm³/mol. The summed E-state index contributed by atoms with van der Waals surface area (Å²) in [5.74, 6) is -0.133. The van der Waals surface area contributed by atoms with Crippen molar-refractivity contribution >= 4 is 34.0 Å². The van der Waals surface area contributed by atoms with Crippen molar-refractivity contribution in [2.24, 2.45) is 0 Å². The number of nitrogens with one attached hydrogen (secondary N) is 1. The highest BCUT2D eigenvalue weighted by Gasteiger charge is 2.28. The van der Waals surface area contributed by atoms with Crippen molar-refractivity contribution in [2.75, 3.05) is 11.9 Å². The van der Waals surface area contributed by atoms with Crippen LogP contribution in [0.3, 0.4) is 0 Å². The van der Waals surface area contributed by atoms with Crippen LogP contribution in [0.15, 0.2) is 41.8 Å². The second kappa shape index (κ2) is 8.61. The molecule has 1 saturated heterocycles. The Balaban J connectivity index is 1.45. The number of carbonyl (C=O) groups excluding carboxylic acids is 1. The first-order valence-corrected chi connectivity index (χ1v) is 10.9. The summed E-state index contributed by atoms with van der Waals surface area (Å²) in [5.41, 5.74) is 4.72. The number of halogens is 1. The molecule has 29 heavy (non-hydrogen) atoms. The summed E-state index contributed by atoms with van der Waals surface area (Å²) < 4.78 is 0. The fourth-order valence-corrected chi connectivity index (χ4v) is 4.62. The molecule has 1 aliphatic heterocycles. The van der Waals surface area contributed by atoms with Crippen LogP contribution in [-0.4, -0.2) is 27.3 Å². The minimum absolute atomic E-state index is 0.133. The van der Waals surface area contributed by atoms with Crippen molar-refractivity contribution in [2.45, 2.75) is 39.3 Å². The van der Waals surface area contributed by atoms with Gasteiger partial charge in [-0.2, -0.15) is 0 Å². The topological polar surface area (TPSA) is 58.1 Å². The molecule has 1 atom stereocenters. The number of rotatable bonds is 5. The van der Waals surface area contributed by atoms with Gasteiger partial charge in [-0.05, 0) is 51.4 Å². The monoisotopic (exact) mass is 426 g/mol. The minimum Gasteiger partial charge on any atom is -0.298 e. The van der Waals surface area contributed by atoms with Crippen LogP contribution in [0.1, 0.15) is 51.8 Å². The summed E-state index contributed by atoms with van der Waals surface area (Å²) in [7, 11) is 0. The predicted octanol–water partition coefficient (Wildman–Crippen LogP) is 5.40. The molecular weight excluding hydrogens is 404 g/mol. The SMILES string of the molecule is Cc1ccc(C(=O)Nc2nc([C@@H]3CCCN3Cc3ccc(C)nc3Cl)cs2)cc1. The van der Waals surface area contributed by atoms with Crippen molar-refractivity contribution in [3.63, 3.8) is 0 Å². The van der Waals surface area contributed by atoms with Crippen LogP contribution in [0.4, 0.5) is 5.13 Å². The lowest BCUT2D eigenvalue weighted by Crippen LogP contribution is -2.23. The van der Waals surface area contributed by atoms with E-state index in [0.29, 0.717) is 15.8 Å². The third kappa shape index (κ3) is 4.66. The largest absolute Gasteiger partial charge is 0.298 e. The molecule has 4 rings (SSSR count). The standard InChI is InChI=1S/C22H23ClN4OS/c1-14-5-8-16(9-6-14)21(28)26-22-25-18(13-29-22)19-4-3-11-27(19)12-17-10-7-15(2)24-20(17)23/h5-10,13,19H,3-4,11-12H2,1-2H3,(H,25,26,28)/t19-/m0/s1. The zero-order valence-electron chi connectivity index (χ0n) is 16.5. The van der Waals surface area contributed by atoms with Crippen LogP contribution >= 0.6 is 22.9 Å². The number of hydrogen-bond acceptors (Lipinski definition) is 5. The summed E-state index contributed by atoms with van der Waals surface area (Å²) in [4.78, 5) is 23.9. The molecule has 7 heteroatoms. The highest BCUT2D eigenvalue weighted by molar-refractivity contribution is 7.14. The molecule has 1 aliphatic rings. The molecule has 0 bridgehead atoms. The van der Waals surface area contributed by atoms with Crippen LogP contribution in [0.25, 0.3) is 0 Å². The van der Waals surface area contributed by atoms with Crippen LogP contribution in [0.2, 0.25) is 5.15 Å². The maximum atomic E-state index is 12.4. The molecule has 0 spiro atoms. The van der Waals surface area contributed by atoms with E-state index in [2.05, 4.69) is 15.2 Å². The molecule has 0 radical (unpaired) electrons. The number of nitrogens with zero attached hydrogens (tertiary/aromatic N) is 3. The van der Waals surface area contributed by atoms with E-state index in [1.54, 1.807) is 0 Å². The smallest absolute Gasteiger partial charge is 0.257 e. The van der Waals surface area contributed by atoms with Crippen LogP contribution in [-0.2, 0) is 6.54 Å². The van der Waals surface area contributed by atoms with E-state index in [4.69, 9.17) is 16.6 Å². The molecule has 5 nitrogen and oxygen atoms in total. The number of likely N-dealkylation sites (tertiary alicyclic amines) is 1. The molecule has 0 aliphatic carbocycles. The van der Waals surface area contributed by atoms with Crippen LogP contribution in [0.5, 0.6) is 0 Å². The Labute approximate surface area is 179 Å². The molecule has 150 valence electrons. The molecule has 1 aromatic carbocycles. The average molecular weight is 427 g/mol. The van der Waals surface area contributed by atoms with Crippen molar-refractivity contribution in [1.29, 1.82) is 0 Å². The van der Waals surface area contributed by atoms with Gasteiger partial charge < -0.3 is 0 Å². The first-order chi connectivity index (χ1) is 14.0. The quantitative estimate of drug-likeness (QED) is 0.555. The summed E-state index contributed by atoms with van der Waals surface area (Å²) in [6.45, 7) is 5.69. The Morgan fingerprint density at radius 1 is 1.21 bits per heavy atom. The number of aryl methyl sites for hydroxylation is 2. The van der Waals surface area contributed by atoms with Gasteiger partial charge in [0.25, 0.3) is 5.91 Å². The van der Waals surface area contributed by atoms with E-state index < -0.39 is 0 Å². The van der Waals surface area contributed by atoms with Crippen molar-refractivity contribution < 1.29 is 4.79 Å². The molecule has 0 unspecified atom stereocenters. The summed E-state index contributed by atoms with van der Waals surface area (Å²) in [5, 5.41) is 6.17. The Kier molecular flexibility index (Phi) is 5.94. The number of pyridine rings is 1. The maximum Gasteiger partial charge on any atom is 0.257 e. The number of benzene rings is 1. The maximum absolute atomic E-state index is 12.4. The number of carbonyl (C=O) groups is 1. The number of aromatic nitrogens is 2. The van der Waals surface area contributed by atoms with Gasteiger partial charge in [0, 0.05) is 28.7 Å². The Morgan fingerprint density at radius 2 is 2.00 bits per heavy atom. The van der Waals surface area contributed by atoms with Gasteiger partial charge in [0.15, 0.2) is 5.13 Å². The highest BCUT2D eigenvalue weighted by atomic mass is 35.5. The molecule has 1 N–H and O–H groups in total. The molecule has 1 fully saturated rings. The third-order valence-corrected chi connectivity index (χ3v) is 6.30. The van der Waals surface area contributed by atoms with Gasteiger partial charge >= 0.3 is 0 Å². The Hall–Kier alpha value is -2.28. The van der Waals surface area contributed by atoms with Gasteiger partial charge in [0.1, 0.15) is 5.15 Å². The first-order valence-electron chi connectivity index (χ1n) is 9.69. The number of hydrogen-bond donors (Lipinski definition) is 1. The fourth-order valence-electron chi connectivity index (χ4n) is 3.61. The zero-order valence-corrected chi connectivity index (χ0v) is 18.1. The third-order valence-electron chi connectivity index (χ3n) is 5.20. The second-order valence-corrected chi connectivity index (χ2v) is 8.64. The number of anilines is 1. The Morgan fingerprint density at radius 3 is 2.76 bits per heavy atom. The highest BCUT2D eigenvalue weighted by Crippen LogP contribution is 2.35. The second-order valence-electron chi connectivity index (χ2n) is 7.43. The van der Waals surface area contributed by atoms with Gasteiger partial charge in [-0.3, -0.25) is 15.0 Å². The number of amides is 1. The summed E-state index contributed by atoms with van der Waals surface area (Å²) in [6.07, 6.45) is 2.16. The lowest BCUT2D eigenvalue weighted by Gasteiger charge is -2.23. The van der Waals surface area contributed by atoms with E-state index in [9.17, 15) is 4.79 Å². The molecule has 3 aromatic rings. The van der Waals surface area contributed by atoms with Gasteiger partial charge in [0.2, 0.25) is 0 Å².